The first kappa shape index (κ1) is 14.1. The van der Waals surface area contributed by atoms with Crippen molar-refractivity contribution in [3.8, 4) is 5.88 Å². The maximum absolute atomic E-state index is 13.1. The minimum atomic E-state index is -0.259. The first-order valence-corrected chi connectivity index (χ1v) is 6.52. The van der Waals surface area contributed by atoms with E-state index in [1.807, 2.05) is 13.8 Å². The maximum atomic E-state index is 13.1. The van der Waals surface area contributed by atoms with Gasteiger partial charge in [0.25, 0.3) is 0 Å². The largest absolute Gasteiger partial charge is 0.476 e. The van der Waals surface area contributed by atoms with Crippen molar-refractivity contribution in [1.82, 2.24) is 4.98 Å². The molecule has 0 amide bonds. The molecule has 0 aliphatic heterocycles. The van der Waals surface area contributed by atoms with Crippen LogP contribution in [-0.2, 0) is 0 Å². The number of anilines is 3. The Balaban J connectivity index is 2.20. The van der Waals surface area contributed by atoms with E-state index in [0.29, 0.717) is 24.0 Å². The lowest BCUT2D eigenvalue weighted by Gasteiger charge is -2.12. The van der Waals surface area contributed by atoms with Crippen LogP contribution in [0, 0.1) is 12.7 Å². The summed E-state index contributed by atoms with van der Waals surface area (Å²) >= 11 is 0. The van der Waals surface area contributed by atoms with Gasteiger partial charge >= 0.3 is 0 Å². The van der Waals surface area contributed by atoms with Crippen molar-refractivity contribution in [2.75, 3.05) is 17.7 Å². The van der Waals surface area contributed by atoms with Crippen molar-refractivity contribution in [2.45, 2.75) is 20.3 Å². The van der Waals surface area contributed by atoms with E-state index in [2.05, 4.69) is 10.3 Å². The summed E-state index contributed by atoms with van der Waals surface area (Å²) in [6, 6.07) is 8.04. The number of nitrogen functional groups attached to an aromatic ring is 1. The van der Waals surface area contributed by atoms with Gasteiger partial charge in [0, 0.05) is 5.69 Å². The molecular formula is C15H18FN3O. The number of benzene rings is 1. The highest BCUT2D eigenvalue weighted by Gasteiger charge is 2.06. The molecular weight excluding hydrogens is 257 g/mol. The van der Waals surface area contributed by atoms with Crippen LogP contribution in [0.25, 0.3) is 0 Å². The molecule has 3 N–H and O–H groups in total. The summed E-state index contributed by atoms with van der Waals surface area (Å²) in [7, 11) is 0. The van der Waals surface area contributed by atoms with Crippen LogP contribution in [0.15, 0.2) is 30.3 Å². The van der Waals surface area contributed by atoms with E-state index in [1.165, 1.54) is 12.1 Å². The predicted molar refractivity (Wildman–Crippen MR) is 78.9 cm³/mol. The Morgan fingerprint density at radius 3 is 2.80 bits per heavy atom. The second-order valence-electron chi connectivity index (χ2n) is 4.52. The fraction of sp³-hybridized carbons (Fsp3) is 0.267. The Kier molecular flexibility index (Phi) is 4.40. The quantitative estimate of drug-likeness (QED) is 0.874. The summed E-state index contributed by atoms with van der Waals surface area (Å²) in [4.78, 5) is 4.32. The lowest BCUT2D eigenvalue weighted by atomic mass is 10.2. The lowest BCUT2D eigenvalue weighted by Crippen LogP contribution is -2.03. The van der Waals surface area contributed by atoms with Crippen LogP contribution in [0.5, 0.6) is 5.88 Å². The van der Waals surface area contributed by atoms with Gasteiger partial charge in [0.2, 0.25) is 5.88 Å². The standard InChI is InChI=1S/C15H18FN3O/c1-3-8-20-15-12(17)5-7-14(19-15)18-13-6-4-11(16)9-10(13)2/h4-7,9H,3,8,17H2,1-2H3,(H,18,19). The van der Waals surface area contributed by atoms with Gasteiger partial charge in [-0.05, 0) is 49.2 Å². The number of rotatable bonds is 5. The third kappa shape index (κ3) is 3.38. The highest BCUT2D eigenvalue weighted by molar-refractivity contribution is 5.63. The van der Waals surface area contributed by atoms with E-state index in [1.54, 1.807) is 18.2 Å². The van der Waals surface area contributed by atoms with Gasteiger partial charge in [-0.2, -0.15) is 4.98 Å². The first-order chi connectivity index (χ1) is 9.60. The van der Waals surface area contributed by atoms with Crippen molar-refractivity contribution in [3.05, 3.63) is 41.7 Å². The fourth-order valence-electron chi connectivity index (χ4n) is 1.74. The third-order valence-electron chi connectivity index (χ3n) is 2.78. The molecule has 0 unspecified atom stereocenters. The highest BCUT2D eigenvalue weighted by atomic mass is 19.1. The number of aromatic nitrogens is 1. The minimum Gasteiger partial charge on any atom is -0.476 e. The molecule has 0 spiro atoms. The van der Waals surface area contributed by atoms with Crippen LogP contribution in [0.1, 0.15) is 18.9 Å². The van der Waals surface area contributed by atoms with Crippen LogP contribution >= 0.6 is 0 Å². The van der Waals surface area contributed by atoms with Gasteiger partial charge in [0.1, 0.15) is 11.6 Å². The van der Waals surface area contributed by atoms with Gasteiger partial charge in [-0.1, -0.05) is 6.92 Å². The van der Waals surface area contributed by atoms with E-state index in [-0.39, 0.29) is 5.82 Å². The zero-order chi connectivity index (χ0) is 14.5. The molecule has 5 heteroatoms. The number of hydrogen-bond donors (Lipinski definition) is 2. The molecule has 0 saturated carbocycles. The van der Waals surface area contributed by atoms with Crippen LogP contribution < -0.4 is 15.8 Å². The van der Waals surface area contributed by atoms with E-state index in [9.17, 15) is 4.39 Å². The van der Waals surface area contributed by atoms with Gasteiger partial charge in [-0.25, -0.2) is 4.39 Å². The van der Waals surface area contributed by atoms with Gasteiger partial charge in [0.05, 0.1) is 12.3 Å². The summed E-state index contributed by atoms with van der Waals surface area (Å²) < 4.78 is 18.5. The van der Waals surface area contributed by atoms with Gasteiger partial charge in [0.15, 0.2) is 0 Å². The molecule has 0 bridgehead atoms. The summed E-state index contributed by atoms with van der Waals surface area (Å²) in [5.41, 5.74) is 7.91. The average molecular weight is 275 g/mol. The smallest absolute Gasteiger partial charge is 0.239 e. The molecule has 2 rings (SSSR count). The first-order valence-electron chi connectivity index (χ1n) is 6.52. The van der Waals surface area contributed by atoms with Crippen molar-refractivity contribution < 1.29 is 9.13 Å². The van der Waals surface area contributed by atoms with E-state index in [4.69, 9.17) is 10.5 Å². The second-order valence-corrected chi connectivity index (χ2v) is 4.52. The normalized spacial score (nSPS) is 10.3. The molecule has 106 valence electrons. The third-order valence-corrected chi connectivity index (χ3v) is 2.78. The second kappa shape index (κ2) is 6.23. The van der Waals surface area contributed by atoms with Crippen LogP contribution in [0.3, 0.4) is 0 Å². The van der Waals surface area contributed by atoms with Gasteiger partial charge < -0.3 is 15.8 Å². The number of nitrogens with two attached hydrogens (primary N) is 1. The monoisotopic (exact) mass is 275 g/mol. The van der Waals surface area contributed by atoms with Crippen LogP contribution in [-0.4, -0.2) is 11.6 Å². The Bertz CT molecular complexity index is 602. The fourth-order valence-corrected chi connectivity index (χ4v) is 1.74. The molecule has 1 aromatic heterocycles. The predicted octanol–water partition coefficient (Wildman–Crippen LogP) is 3.64. The SMILES string of the molecule is CCCOc1nc(Nc2ccc(F)cc2C)ccc1N. The zero-order valence-corrected chi connectivity index (χ0v) is 11.6. The number of pyridine rings is 1. The Hall–Kier alpha value is -2.30. The number of nitrogens with zero attached hydrogens (tertiary/aromatic N) is 1. The number of nitrogens with one attached hydrogen (secondary N) is 1. The number of aryl methyl sites for hydroxylation is 1. The summed E-state index contributed by atoms with van der Waals surface area (Å²) in [5, 5.41) is 3.13. The van der Waals surface area contributed by atoms with Gasteiger partial charge in [-0.3, -0.25) is 0 Å². The van der Waals surface area contributed by atoms with Crippen molar-refractivity contribution in [3.63, 3.8) is 0 Å². The van der Waals surface area contributed by atoms with Crippen molar-refractivity contribution in [1.29, 1.82) is 0 Å². The Morgan fingerprint density at radius 1 is 1.30 bits per heavy atom. The Morgan fingerprint density at radius 2 is 2.10 bits per heavy atom. The van der Waals surface area contributed by atoms with Crippen molar-refractivity contribution in [2.24, 2.45) is 0 Å². The lowest BCUT2D eigenvalue weighted by molar-refractivity contribution is 0.307. The van der Waals surface area contributed by atoms with Crippen LogP contribution in [0.4, 0.5) is 21.6 Å². The maximum Gasteiger partial charge on any atom is 0.239 e. The molecule has 1 heterocycles. The van der Waals surface area contributed by atoms with E-state index in [0.717, 1.165) is 17.7 Å². The van der Waals surface area contributed by atoms with E-state index >= 15 is 0 Å². The molecule has 0 atom stereocenters. The average Bonchev–Trinajstić information content (AvgIpc) is 2.42. The number of ether oxygens (including phenoxy) is 1. The van der Waals surface area contributed by atoms with Crippen LogP contribution in [0.2, 0.25) is 0 Å². The summed E-state index contributed by atoms with van der Waals surface area (Å²) in [6.07, 6.45) is 0.885. The highest BCUT2D eigenvalue weighted by Crippen LogP contribution is 2.25. The molecule has 0 aliphatic carbocycles. The zero-order valence-electron chi connectivity index (χ0n) is 11.6. The molecule has 0 aliphatic rings. The molecule has 0 radical (unpaired) electrons. The van der Waals surface area contributed by atoms with Gasteiger partial charge in [-0.15, -0.1) is 0 Å². The Labute approximate surface area is 117 Å². The number of hydrogen-bond acceptors (Lipinski definition) is 4. The number of halogens is 1. The molecule has 4 nitrogen and oxygen atoms in total. The molecule has 0 fully saturated rings. The molecule has 20 heavy (non-hydrogen) atoms. The van der Waals surface area contributed by atoms with E-state index < -0.39 is 0 Å². The molecule has 2 aromatic rings. The van der Waals surface area contributed by atoms with Crippen molar-refractivity contribution >= 4 is 17.2 Å². The summed E-state index contributed by atoms with van der Waals surface area (Å²) in [6.45, 7) is 4.41. The molecule has 0 saturated heterocycles. The topological polar surface area (TPSA) is 60.2 Å². The summed E-state index contributed by atoms with van der Waals surface area (Å²) in [5.74, 6) is 0.766. The molecule has 1 aromatic carbocycles. The minimum absolute atomic E-state index is 0.259.